The van der Waals surface area contributed by atoms with Gasteiger partial charge in [-0.2, -0.15) is 5.26 Å². The fourth-order valence-electron chi connectivity index (χ4n) is 1.94. The summed E-state index contributed by atoms with van der Waals surface area (Å²) in [5.41, 5.74) is 8.64. The number of carbonyl (C=O) groups is 1. The standard InChI is InChI=1S/C14H13N3OS/c1-8-3-9(2)11-5-10(6-15)14(17-12(11)4-8)19-7-13(16)18/h3-5H,7H2,1-2H3,(H2,16,18). The van der Waals surface area contributed by atoms with Gasteiger partial charge in [0, 0.05) is 5.39 Å². The van der Waals surface area contributed by atoms with Gasteiger partial charge in [0.05, 0.1) is 16.8 Å². The van der Waals surface area contributed by atoms with E-state index in [1.807, 2.05) is 26.0 Å². The fourth-order valence-corrected chi connectivity index (χ4v) is 2.64. The largest absolute Gasteiger partial charge is 0.369 e. The molecule has 0 aliphatic rings. The number of nitrogens with two attached hydrogens (primary N) is 1. The first kappa shape index (κ1) is 13.4. The van der Waals surface area contributed by atoms with Crippen molar-refractivity contribution in [1.82, 2.24) is 4.98 Å². The summed E-state index contributed by atoms with van der Waals surface area (Å²) in [6.07, 6.45) is 0. The third kappa shape index (κ3) is 2.85. The Hall–Kier alpha value is -2.06. The van der Waals surface area contributed by atoms with E-state index in [1.165, 1.54) is 11.8 Å². The van der Waals surface area contributed by atoms with Crippen LogP contribution in [-0.4, -0.2) is 16.6 Å². The lowest BCUT2D eigenvalue weighted by molar-refractivity contribution is -0.115. The highest BCUT2D eigenvalue weighted by atomic mass is 32.2. The first-order valence-electron chi connectivity index (χ1n) is 5.74. The Bertz CT molecular complexity index is 704. The number of thioether (sulfide) groups is 1. The molecule has 96 valence electrons. The number of rotatable bonds is 3. The Kier molecular flexibility index (Phi) is 3.72. The summed E-state index contributed by atoms with van der Waals surface area (Å²) < 4.78 is 0. The third-order valence-corrected chi connectivity index (χ3v) is 3.74. The van der Waals surface area contributed by atoms with Crippen molar-refractivity contribution in [3.8, 4) is 6.07 Å². The molecule has 5 heteroatoms. The summed E-state index contributed by atoms with van der Waals surface area (Å²) >= 11 is 1.20. The molecule has 0 saturated carbocycles. The minimum absolute atomic E-state index is 0.123. The first-order chi connectivity index (χ1) is 9.01. The predicted molar refractivity (Wildman–Crippen MR) is 75.9 cm³/mol. The Morgan fingerprint density at radius 1 is 1.42 bits per heavy atom. The highest BCUT2D eigenvalue weighted by Crippen LogP contribution is 2.26. The van der Waals surface area contributed by atoms with Crippen LogP contribution in [0, 0.1) is 25.2 Å². The lowest BCUT2D eigenvalue weighted by atomic mass is 10.1. The molecule has 19 heavy (non-hydrogen) atoms. The zero-order chi connectivity index (χ0) is 14.0. The molecule has 2 rings (SSSR count). The van der Waals surface area contributed by atoms with Crippen LogP contribution < -0.4 is 5.73 Å². The van der Waals surface area contributed by atoms with Gasteiger partial charge in [-0.15, -0.1) is 0 Å². The molecule has 1 heterocycles. The van der Waals surface area contributed by atoms with Crippen molar-refractivity contribution in [1.29, 1.82) is 5.26 Å². The van der Waals surface area contributed by atoms with Crippen molar-refractivity contribution in [3.63, 3.8) is 0 Å². The van der Waals surface area contributed by atoms with Crippen molar-refractivity contribution in [2.24, 2.45) is 5.73 Å². The lowest BCUT2D eigenvalue weighted by Crippen LogP contribution is -2.13. The number of aryl methyl sites for hydroxylation is 2. The molecule has 2 aromatic rings. The van der Waals surface area contributed by atoms with Crippen molar-refractivity contribution in [2.75, 3.05) is 5.75 Å². The van der Waals surface area contributed by atoms with E-state index in [0.29, 0.717) is 10.6 Å². The van der Waals surface area contributed by atoms with Gasteiger partial charge in [0.2, 0.25) is 5.91 Å². The summed E-state index contributed by atoms with van der Waals surface area (Å²) in [4.78, 5) is 15.3. The van der Waals surface area contributed by atoms with Gasteiger partial charge in [0.1, 0.15) is 11.1 Å². The maximum atomic E-state index is 10.8. The third-order valence-electron chi connectivity index (χ3n) is 2.72. The number of nitriles is 1. The molecule has 1 aromatic carbocycles. The Labute approximate surface area is 115 Å². The molecule has 0 fully saturated rings. The van der Waals surface area contributed by atoms with Gasteiger partial charge in [-0.3, -0.25) is 4.79 Å². The van der Waals surface area contributed by atoms with Gasteiger partial charge in [-0.1, -0.05) is 17.8 Å². The molecular weight excluding hydrogens is 258 g/mol. The molecule has 0 aliphatic carbocycles. The molecule has 2 N–H and O–H groups in total. The number of carbonyl (C=O) groups excluding carboxylic acids is 1. The van der Waals surface area contributed by atoms with Crippen LogP contribution >= 0.6 is 11.8 Å². The summed E-state index contributed by atoms with van der Waals surface area (Å²) in [6, 6.07) is 7.96. The Morgan fingerprint density at radius 3 is 2.79 bits per heavy atom. The van der Waals surface area contributed by atoms with Gasteiger partial charge >= 0.3 is 0 Å². The number of hydrogen-bond acceptors (Lipinski definition) is 4. The quantitative estimate of drug-likeness (QED) is 0.869. The van der Waals surface area contributed by atoms with Crippen LogP contribution in [0.2, 0.25) is 0 Å². The smallest absolute Gasteiger partial charge is 0.227 e. The van der Waals surface area contributed by atoms with Crippen LogP contribution in [0.1, 0.15) is 16.7 Å². The predicted octanol–water partition coefficient (Wildman–Crippen LogP) is 2.30. The van der Waals surface area contributed by atoms with Gasteiger partial charge in [0.25, 0.3) is 0 Å². The summed E-state index contributed by atoms with van der Waals surface area (Å²) in [6.45, 7) is 4.00. The molecule has 0 unspecified atom stereocenters. The number of nitrogens with zero attached hydrogens (tertiary/aromatic N) is 2. The van der Waals surface area contributed by atoms with Crippen molar-refractivity contribution >= 4 is 28.6 Å². The van der Waals surface area contributed by atoms with Crippen LogP contribution in [0.5, 0.6) is 0 Å². The maximum Gasteiger partial charge on any atom is 0.227 e. The van der Waals surface area contributed by atoms with E-state index in [1.54, 1.807) is 0 Å². The summed E-state index contributed by atoms with van der Waals surface area (Å²) in [5, 5.41) is 10.7. The summed E-state index contributed by atoms with van der Waals surface area (Å²) in [5.74, 6) is -0.297. The topological polar surface area (TPSA) is 79.8 Å². The van der Waals surface area contributed by atoms with Crippen molar-refractivity contribution in [3.05, 3.63) is 34.9 Å². The van der Waals surface area contributed by atoms with Crippen LogP contribution in [0.15, 0.2) is 23.2 Å². The van der Waals surface area contributed by atoms with Gasteiger partial charge < -0.3 is 5.73 Å². The monoisotopic (exact) mass is 271 g/mol. The Balaban J connectivity index is 2.58. The first-order valence-corrected chi connectivity index (χ1v) is 6.73. The highest BCUT2D eigenvalue weighted by molar-refractivity contribution is 8.00. The minimum atomic E-state index is -0.420. The van der Waals surface area contributed by atoms with E-state index in [9.17, 15) is 4.79 Å². The zero-order valence-corrected chi connectivity index (χ0v) is 11.5. The number of benzene rings is 1. The molecule has 1 aromatic heterocycles. The minimum Gasteiger partial charge on any atom is -0.369 e. The number of amides is 1. The second-order valence-corrected chi connectivity index (χ2v) is 5.32. The number of fused-ring (bicyclic) bond motifs is 1. The molecule has 0 bridgehead atoms. The van der Waals surface area contributed by atoms with E-state index in [2.05, 4.69) is 17.1 Å². The normalized spacial score (nSPS) is 10.4. The van der Waals surface area contributed by atoms with E-state index in [-0.39, 0.29) is 5.75 Å². The molecule has 1 amide bonds. The molecule has 0 saturated heterocycles. The van der Waals surface area contributed by atoms with Crippen molar-refractivity contribution < 1.29 is 4.79 Å². The van der Waals surface area contributed by atoms with E-state index < -0.39 is 5.91 Å². The van der Waals surface area contributed by atoms with Crippen LogP contribution in [0.4, 0.5) is 0 Å². The number of hydrogen-bond donors (Lipinski definition) is 1. The molecule has 0 aliphatic heterocycles. The second-order valence-electron chi connectivity index (χ2n) is 4.36. The fraction of sp³-hybridized carbons (Fsp3) is 0.214. The average molecular weight is 271 g/mol. The van der Waals surface area contributed by atoms with Crippen LogP contribution in [-0.2, 0) is 4.79 Å². The Morgan fingerprint density at radius 2 is 2.16 bits per heavy atom. The summed E-state index contributed by atoms with van der Waals surface area (Å²) in [7, 11) is 0. The van der Waals surface area contributed by atoms with E-state index in [4.69, 9.17) is 11.0 Å². The number of primary amides is 1. The van der Waals surface area contributed by atoms with E-state index in [0.717, 1.165) is 22.0 Å². The lowest BCUT2D eigenvalue weighted by Gasteiger charge is -2.07. The van der Waals surface area contributed by atoms with Gasteiger partial charge in [-0.25, -0.2) is 4.98 Å². The molecule has 0 atom stereocenters. The SMILES string of the molecule is Cc1cc(C)c2cc(C#N)c(SCC(N)=O)nc2c1. The molecule has 0 spiro atoms. The van der Waals surface area contributed by atoms with Crippen molar-refractivity contribution in [2.45, 2.75) is 18.9 Å². The number of pyridine rings is 1. The molecule has 4 nitrogen and oxygen atoms in total. The van der Waals surface area contributed by atoms with Gasteiger partial charge in [0.15, 0.2) is 0 Å². The highest BCUT2D eigenvalue weighted by Gasteiger charge is 2.10. The average Bonchev–Trinajstić information content (AvgIpc) is 2.35. The zero-order valence-electron chi connectivity index (χ0n) is 10.7. The molecular formula is C14H13N3OS. The second kappa shape index (κ2) is 5.29. The van der Waals surface area contributed by atoms with Gasteiger partial charge in [-0.05, 0) is 37.1 Å². The number of aromatic nitrogens is 1. The van der Waals surface area contributed by atoms with Crippen LogP contribution in [0.25, 0.3) is 10.9 Å². The maximum absolute atomic E-state index is 10.8. The molecule has 0 radical (unpaired) electrons. The van der Waals surface area contributed by atoms with Crippen LogP contribution in [0.3, 0.4) is 0 Å². The van der Waals surface area contributed by atoms with E-state index >= 15 is 0 Å².